The Bertz CT molecular complexity index is 175. The first-order chi connectivity index (χ1) is 7.26. The summed E-state index contributed by atoms with van der Waals surface area (Å²) < 4.78 is 5.03. The Hall–Kier alpha value is -0.790. The maximum atomic E-state index is 11.5. The summed E-state index contributed by atoms with van der Waals surface area (Å²) in [7, 11) is 0. The van der Waals surface area contributed by atoms with Gasteiger partial charge in [-0.25, -0.2) is 0 Å². The molecule has 1 unspecified atom stereocenters. The van der Waals surface area contributed by atoms with Crippen LogP contribution < -0.4 is 0 Å². The predicted molar refractivity (Wildman–Crippen MR) is 63.7 cm³/mol. The van der Waals surface area contributed by atoms with E-state index in [1.54, 1.807) is 6.08 Å². The highest BCUT2D eigenvalue weighted by Crippen LogP contribution is 2.16. The molecule has 88 valence electrons. The van der Waals surface area contributed by atoms with E-state index in [-0.39, 0.29) is 11.9 Å². The highest BCUT2D eigenvalue weighted by atomic mass is 16.5. The molecule has 0 spiro atoms. The average molecular weight is 212 g/mol. The zero-order valence-electron chi connectivity index (χ0n) is 10.1. The minimum Gasteiger partial charge on any atom is -0.466 e. The summed E-state index contributed by atoms with van der Waals surface area (Å²) in [6.45, 7) is 8.19. The van der Waals surface area contributed by atoms with Crippen LogP contribution in [0.2, 0.25) is 0 Å². The quantitative estimate of drug-likeness (QED) is 0.331. The molecule has 0 aliphatic rings. The topological polar surface area (TPSA) is 26.3 Å². The fourth-order valence-corrected chi connectivity index (χ4v) is 1.61. The maximum Gasteiger partial charge on any atom is 0.309 e. The molecule has 0 rings (SSSR count). The minimum absolute atomic E-state index is 0.0271. The van der Waals surface area contributed by atoms with Crippen LogP contribution in [0.1, 0.15) is 52.4 Å². The molecule has 0 saturated carbocycles. The van der Waals surface area contributed by atoms with Crippen molar-refractivity contribution >= 4 is 5.97 Å². The molecule has 15 heavy (non-hydrogen) atoms. The molecule has 0 aromatic carbocycles. The number of rotatable bonds is 9. The summed E-state index contributed by atoms with van der Waals surface area (Å²) in [5, 5.41) is 0. The smallest absolute Gasteiger partial charge is 0.309 e. The second-order valence-electron chi connectivity index (χ2n) is 3.82. The molecule has 2 nitrogen and oxygen atoms in total. The zero-order chi connectivity index (χ0) is 11.5. The van der Waals surface area contributed by atoms with Crippen molar-refractivity contribution in [1.82, 2.24) is 0 Å². The Morgan fingerprint density at radius 1 is 1.33 bits per heavy atom. The van der Waals surface area contributed by atoms with Crippen LogP contribution in [0.25, 0.3) is 0 Å². The number of carbonyl (C=O) groups excluding carboxylic acids is 1. The Morgan fingerprint density at radius 2 is 2.07 bits per heavy atom. The molecule has 0 radical (unpaired) electrons. The summed E-state index contributed by atoms with van der Waals surface area (Å²) in [6.07, 6.45) is 8.29. The van der Waals surface area contributed by atoms with Gasteiger partial charge in [0.25, 0.3) is 0 Å². The first-order valence-electron chi connectivity index (χ1n) is 6.03. The van der Waals surface area contributed by atoms with E-state index in [0.29, 0.717) is 6.61 Å². The lowest BCUT2D eigenvalue weighted by Crippen LogP contribution is -2.17. The van der Waals surface area contributed by atoms with Gasteiger partial charge in [-0.3, -0.25) is 4.79 Å². The average Bonchev–Trinajstić information content (AvgIpc) is 2.23. The third-order valence-electron chi connectivity index (χ3n) is 2.48. The van der Waals surface area contributed by atoms with Crippen LogP contribution in [-0.4, -0.2) is 12.6 Å². The highest BCUT2D eigenvalue weighted by Gasteiger charge is 2.17. The van der Waals surface area contributed by atoms with Gasteiger partial charge in [0, 0.05) is 0 Å². The van der Waals surface area contributed by atoms with Crippen molar-refractivity contribution in [2.75, 3.05) is 6.61 Å². The summed E-state index contributed by atoms with van der Waals surface area (Å²) in [5.74, 6) is -0.0341. The molecule has 0 N–H and O–H groups in total. The molecule has 0 amide bonds. The number of hydrogen-bond acceptors (Lipinski definition) is 2. The van der Waals surface area contributed by atoms with Crippen LogP contribution >= 0.6 is 0 Å². The summed E-state index contributed by atoms with van der Waals surface area (Å²) >= 11 is 0. The van der Waals surface area contributed by atoms with Crippen molar-refractivity contribution < 1.29 is 9.53 Å². The molecule has 0 fully saturated rings. The molecule has 0 heterocycles. The standard InChI is InChI=1S/C13H24O2/c1-4-7-8-9-11-12(10-5-2)13(14)15-6-3/h5,12H,2,4,6-11H2,1,3H3. The predicted octanol–water partition coefficient (Wildman–Crippen LogP) is 3.71. The first-order valence-corrected chi connectivity index (χ1v) is 6.03. The van der Waals surface area contributed by atoms with Gasteiger partial charge in [0.05, 0.1) is 12.5 Å². The van der Waals surface area contributed by atoms with E-state index in [9.17, 15) is 4.79 Å². The molecule has 0 aromatic rings. The maximum absolute atomic E-state index is 11.5. The van der Waals surface area contributed by atoms with Gasteiger partial charge in [-0.05, 0) is 19.8 Å². The van der Waals surface area contributed by atoms with Crippen LogP contribution in [-0.2, 0) is 9.53 Å². The van der Waals surface area contributed by atoms with Crippen molar-refractivity contribution in [2.45, 2.75) is 52.4 Å². The molecule has 1 atom stereocenters. The van der Waals surface area contributed by atoms with Crippen LogP contribution in [0.15, 0.2) is 12.7 Å². The van der Waals surface area contributed by atoms with Crippen LogP contribution in [0.4, 0.5) is 0 Å². The van der Waals surface area contributed by atoms with Gasteiger partial charge in [0.15, 0.2) is 0 Å². The second kappa shape index (κ2) is 9.75. The number of allylic oxidation sites excluding steroid dienone is 1. The van der Waals surface area contributed by atoms with Gasteiger partial charge < -0.3 is 4.74 Å². The lowest BCUT2D eigenvalue weighted by molar-refractivity contribution is -0.148. The van der Waals surface area contributed by atoms with E-state index in [2.05, 4.69) is 13.5 Å². The molecule has 0 aliphatic heterocycles. The van der Waals surface area contributed by atoms with E-state index >= 15 is 0 Å². The van der Waals surface area contributed by atoms with Gasteiger partial charge >= 0.3 is 5.97 Å². The van der Waals surface area contributed by atoms with Gasteiger partial charge in [0.2, 0.25) is 0 Å². The number of esters is 1. The number of unbranched alkanes of at least 4 members (excludes halogenated alkanes) is 3. The third-order valence-corrected chi connectivity index (χ3v) is 2.48. The largest absolute Gasteiger partial charge is 0.466 e. The van der Waals surface area contributed by atoms with E-state index in [4.69, 9.17) is 4.74 Å². The molecule has 0 bridgehead atoms. The monoisotopic (exact) mass is 212 g/mol. The van der Waals surface area contributed by atoms with E-state index in [1.165, 1.54) is 19.3 Å². The fourth-order valence-electron chi connectivity index (χ4n) is 1.61. The Morgan fingerprint density at radius 3 is 2.60 bits per heavy atom. The summed E-state index contributed by atoms with van der Waals surface area (Å²) in [6, 6.07) is 0. The van der Waals surface area contributed by atoms with E-state index in [0.717, 1.165) is 19.3 Å². The minimum atomic E-state index is -0.0612. The van der Waals surface area contributed by atoms with Gasteiger partial charge in [-0.15, -0.1) is 6.58 Å². The molecule has 0 aliphatic carbocycles. The third kappa shape index (κ3) is 7.18. The van der Waals surface area contributed by atoms with Crippen molar-refractivity contribution in [3.8, 4) is 0 Å². The van der Waals surface area contributed by atoms with E-state index < -0.39 is 0 Å². The van der Waals surface area contributed by atoms with Crippen molar-refractivity contribution in [3.05, 3.63) is 12.7 Å². The SMILES string of the molecule is C=CCC(CCCCCC)C(=O)OCC. The van der Waals surface area contributed by atoms with Crippen molar-refractivity contribution in [3.63, 3.8) is 0 Å². The molecule has 0 saturated heterocycles. The normalized spacial score (nSPS) is 12.1. The van der Waals surface area contributed by atoms with Crippen LogP contribution in [0, 0.1) is 5.92 Å². The Balaban J connectivity index is 3.81. The van der Waals surface area contributed by atoms with Crippen molar-refractivity contribution in [1.29, 1.82) is 0 Å². The summed E-state index contributed by atoms with van der Waals surface area (Å²) in [5.41, 5.74) is 0. The number of carbonyl (C=O) groups is 1. The molecule has 0 aromatic heterocycles. The number of hydrogen-bond donors (Lipinski definition) is 0. The molecular formula is C13H24O2. The lowest BCUT2D eigenvalue weighted by atomic mass is 9.97. The zero-order valence-corrected chi connectivity index (χ0v) is 10.1. The highest BCUT2D eigenvalue weighted by molar-refractivity contribution is 5.72. The summed E-state index contributed by atoms with van der Waals surface area (Å²) in [4.78, 5) is 11.5. The van der Waals surface area contributed by atoms with Crippen molar-refractivity contribution in [2.24, 2.45) is 5.92 Å². The molecular weight excluding hydrogens is 188 g/mol. The van der Waals surface area contributed by atoms with Crippen LogP contribution in [0.5, 0.6) is 0 Å². The lowest BCUT2D eigenvalue weighted by Gasteiger charge is -2.13. The van der Waals surface area contributed by atoms with Crippen LogP contribution in [0.3, 0.4) is 0 Å². The first kappa shape index (κ1) is 14.2. The Labute approximate surface area is 93.7 Å². The van der Waals surface area contributed by atoms with E-state index in [1.807, 2.05) is 6.92 Å². The fraction of sp³-hybridized carbons (Fsp3) is 0.769. The number of ether oxygens (including phenoxy) is 1. The molecule has 2 heteroatoms. The van der Waals surface area contributed by atoms with Gasteiger partial charge in [-0.1, -0.05) is 38.7 Å². The second-order valence-corrected chi connectivity index (χ2v) is 3.82. The Kier molecular flexibility index (Phi) is 9.24. The van der Waals surface area contributed by atoms with Gasteiger partial charge in [0.1, 0.15) is 0 Å². The van der Waals surface area contributed by atoms with Gasteiger partial charge in [-0.2, -0.15) is 0 Å².